The first-order chi connectivity index (χ1) is 14.1. The number of rotatable bonds is 6. The van der Waals surface area contributed by atoms with Crippen LogP contribution in [0.5, 0.6) is 0 Å². The summed E-state index contributed by atoms with van der Waals surface area (Å²) in [4.78, 5) is 24.4. The van der Waals surface area contributed by atoms with Crippen molar-refractivity contribution in [1.29, 1.82) is 0 Å². The number of anilines is 2. The molecule has 0 aliphatic heterocycles. The van der Waals surface area contributed by atoms with E-state index in [-0.39, 0.29) is 17.6 Å². The SMILES string of the molecule is CC(=O)Nc1cccc(NC(=O)CSc2ccc3nnc(-c4cccs4)n3n2)c1. The molecule has 10 heteroatoms. The third kappa shape index (κ3) is 4.61. The number of hydrogen-bond donors (Lipinski definition) is 2. The summed E-state index contributed by atoms with van der Waals surface area (Å²) < 4.78 is 1.68. The van der Waals surface area contributed by atoms with Crippen LogP contribution >= 0.6 is 23.1 Å². The Morgan fingerprint density at radius 3 is 2.66 bits per heavy atom. The van der Waals surface area contributed by atoms with Crippen LogP contribution in [-0.2, 0) is 9.59 Å². The fourth-order valence-electron chi connectivity index (χ4n) is 2.62. The summed E-state index contributed by atoms with van der Waals surface area (Å²) in [6, 6.07) is 14.6. The van der Waals surface area contributed by atoms with Gasteiger partial charge in [0.1, 0.15) is 5.03 Å². The Morgan fingerprint density at radius 2 is 1.90 bits per heavy atom. The Hall–Kier alpha value is -3.24. The Kier molecular flexibility index (Phi) is 5.54. The van der Waals surface area contributed by atoms with E-state index in [2.05, 4.69) is 25.9 Å². The van der Waals surface area contributed by atoms with E-state index in [9.17, 15) is 9.59 Å². The molecule has 2 N–H and O–H groups in total. The molecule has 0 radical (unpaired) electrons. The predicted octanol–water partition coefficient (Wildman–Crippen LogP) is 3.54. The fourth-order valence-corrected chi connectivity index (χ4v) is 3.97. The standard InChI is InChI=1S/C19H16N6O2S2/c1-12(26)20-13-4-2-5-14(10-13)21-17(27)11-29-18-8-7-16-22-23-19(25(16)24-18)15-6-3-9-28-15/h2-10H,11H2,1H3,(H,20,26)(H,21,27). The van der Waals surface area contributed by atoms with Crippen LogP contribution < -0.4 is 10.6 Å². The smallest absolute Gasteiger partial charge is 0.234 e. The first kappa shape index (κ1) is 19.1. The van der Waals surface area contributed by atoms with Gasteiger partial charge in [0, 0.05) is 18.3 Å². The van der Waals surface area contributed by atoms with Crippen molar-refractivity contribution in [2.24, 2.45) is 0 Å². The summed E-state index contributed by atoms with van der Waals surface area (Å²) in [5.74, 6) is 0.538. The second-order valence-electron chi connectivity index (χ2n) is 6.04. The van der Waals surface area contributed by atoms with Crippen LogP contribution in [0, 0.1) is 0 Å². The molecule has 4 aromatic rings. The van der Waals surface area contributed by atoms with Gasteiger partial charge < -0.3 is 10.6 Å². The van der Waals surface area contributed by atoms with E-state index in [0.29, 0.717) is 27.9 Å². The number of thiophene rings is 1. The number of carbonyl (C=O) groups excluding carboxylic acids is 2. The summed E-state index contributed by atoms with van der Waals surface area (Å²) >= 11 is 2.89. The largest absolute Gasteiger partial charge is 0.326 e. The van der Waals surface area contributed by atoms with Crippen molar-refractivity contribution in [2.45, 2.75) is 11.9 Å². The van der Waals surface area contributed by atoms with Crippen LogP contribution in [0.3, 0.4) is 0 Å². The average molecular weight is 425 g/mol. The lowest BCUT2D eigenvalue weighted by Gasteiger charge is -2.08. The zero-order valence-corrected chi connectivity index (χ0v) is 17.0. The first-order valence-electron chi connectivity index (χ1n) is 8.65. The zero-order chi connectivity index (χ0) is 20.2. The number of carbonyl (C=O) groups is 2. The summed E-state index contributed by atoms with van der Waals surface area (Å²) in [6.07, 6.45) is 0. The summed E-state index contributed by atoms with van der Waals surface area (Å²) in [6.45, 7) is 1.44. The van der Waals surface area contributed by atoms with E-state index >= 15 is 0 Å². The van der Waals surface area contributed by atoms with E-state index in [4.69, 9.17) is 0 Å². The van der Waals surface area contributed by atoms with E-state index in [1.165, 1.54) is 18.7 Å². The summed E-state index contributed by atoms with van der Waals surface area (Å²) in [5, 5.41) is 21.1. The average Bonchev–Trinajstić information content (AvgIpc) is 3.35. The molecule has 3 aromatic heterocycles. The highest BCUT2D eigenvalue weighted by atomic mass is 32.2. The van der Waals surface area contributed by atoms with Crippen molar-refractivity contribution in [1.82, 2.24) is 19.8 Å². The van der Waals surface area contributed by atoms with Gasteiger partial charge in [-0.15, -0.1) is 21.5 Å². The highest BCUT2D eigenvalue weighted by Crippen LogP contribution is 2.24. The third-order valence-corrected chi connectivity index (χ3v) is 5.58. The first-order valence-corrected chi connectivity index (χ1v) is 10.5. The van der Waals surface area contributed by atoms with Crippen LogP contribution in [0.15, 0.2) is 58.9 Å². The zero-order valence-electron chi connectivity index (χ0n) is 15.3. The Labute approximate surface area is 174 Å². The molecule has 0 fully saturated rings. The monoisotopic (exact) mass is 424 g/mol. The predicted molar refractivity (Wildman–Crippen MR) is 114 cm³/mol. The molecule has 3 heterocycles. The van der Waals surface area contributed by atoms with Crippen molar-refractivity contribution in [2.75, 3.05) is 16.4 Å². The number of aromatic nitrogens is 4. The highest BCUT2D eigenvalue weighted by Gasteiger charge is 2.12. The van der Waals surface area contributed by atoms with Crippen LogP contribution in [0.2, 0.25) is 0 Å². The van der Waals surface area contributed by atoms with Gasteiger partial charge in [0.05, 0.1) is 10.6 Å². The second kappa shape index (κ2) is 8.41. The number of fused-ring (bicyclic) bond motifs is 1. The van der Waals surface area contributed by atoms with Crippen molar-refractivity contribution >= 4 is 51.9 Å². The number of thioether (sulfide) groups is 1. The number of nitrogens with one attached hydrogen (secondary N) is 2. The number of nitrogens with zero attached hydrogens (tertiary/aromatic N) is 4. The lowest BCUT2D eigenvalue weighted by molar-refractivity contribution is -0.114. The molecular formula is C19H16N6O2S2. The molecule has 0 saturated heterocycles. The number of benzene rings is 1. The molecule has 8 nitrogen and oxygen atoms in total. The molecule has 0 unspecified atom stereocenters. The molecule has 29 heavy (non-hydrogen) atoms. The van der Waals surface area contributed by atoms with Crippen molar-refractivity contribution in [3.05, 3.63) is 53.9 Å². The number of hydrogen-bond acceptors (Lipinski definition) is 7. The minimum absolute atomic E-state index is 0.165. The maximum atomic E-state index is 12.3. The van der Waals surface area contributed by atoms with E-state index < -0.39 is 0 Å². The van der Waals surface area contributed by atoms with Crippen LogP contribution in [0.1, 0.15) is 6.92 Å². The molecule has 0 aliphatic carbocycles. The maximum Gasteiger partial charge on any atom is 0.234 e. The lowest BCUT2D eigenvalue weighted by atomic mass is 10.2. The lowest BCUT2D eigenvalue weighted by Crippen LogP contribution is -2.14. The molecule has 0 bridgehead atoms. The molecule has 0 atom stereocenters. The Bertz CT molecular complexity index is 1170. The van der Waals surface area contributed by atoms with Gasteiger partial charge in [-0.1, -0.05) is 23.9 Å². The highest BCUT2D eigenvalue weighted by molar-refractivity contribution is 7.99. The Balaban J connectivity index is 1.42. The van der Waals surface area contributed by atoms with E-state index in [0.717, 1.165) is 4.88 Å². The molecule has 0 saturated carbocycles. The van der Waals surface area contributed by atoms with Gasteiger partial charge in [0.15, 0.2) is 11.5 Å². The summed E-state index contributed by atoms with van der Waals surface area (Å²) in [5.41, 5.74) is 1.89. The van der Waals surface area contributed by atoms with Gasteiger partial charge >= 0.3 is 0 Å². The van der Waals surface area contributed by atoms with Crippen LogP contribution in [-0.4, -0.2) is 37.4 Å². The Morgan fingerprint density at radius 1 is 1.07 bits per heavy atom. The van der Waals surface area contributed by atoms with E-state index in [1.54, 1.807) is 40.1 Å². The molecule has 4 rings (SSSR count). The number of amides is 2. The van der Waals surface area contributed by atoms with E-state index in [1.807, 2.05) is 29.6 Å². The molecule has 0 spiro atoms. The molecule has 0 aliphatic rings. The fraction of sp³-hybridized carbons (Fsp3) is 0.105. The molecular weight excluding hydrogens is 408 g/mol. The minimum Gasteiger partial charge on any atom is -0.326 e. The van der Waals surface area contributed by atoms with Crippen LogP contribution in [0.4, 0.5) is 11.4 Å². The minimum atomic E-state index is -0.167. The maximum absolute atomic E-state index is 12.3. The quantitative estimate of drug-likeness (QED) is 0.459. The topological polar surface area (TPSA) is 101 Å². The third-order valence-electron chi connectivity index (χ3n) is 3.80. The summed E-state index contributed by atoms with van der Waals surface area (Å²) in [7, 11) is 0. The van der Waals surface area contributed by atoms with Crippen LogP contribution in [0.25, 0.3) is 16.3 Å². The van der Waals surface area contributed by atoms with Crippen molar-refractivity contribution < 1.29 is 9.59 Å². The molecule has 146 valence electrons. The van der Waals surface area contributed by atoms with Gasteiger partial charge in [-0.2, -0.15) is 9.61 Å². The van der Waals surface area contributed by atoms with Crippen molar-refractivity contribution in [3.8, 4) is 10.7 Å². The van der Waals surface area contributed by atoms with Crippen molar-refractivity contribution in [3.63, 3.8) is 0 Å². The van der Waals surface area contributed by atoms with Gasteiger partial charge in [-0.25, -0.2) is 0 Å². The second-order valence-corrected chi connectivity index (χ2v) is 7.98. The molecule has 1 aromatic carbocycles. The van der Waals surface area contributed by atoms with Gasteiger partial charge in [-0.3, -0.25) is 9.59 Å². The van der Waals surface area contributed by atoms with Gasteiger partial charge in [-0.05, 0) is 41.8 Å². The van der Waals surface area contributed by atoms with Gasteiger partial charge in [0.25, 0.3) is 0 Å². The normalized spacial score (nSPS) is 10.8. The van der Waals surface area contributed by atoms with Gasteiger partial charge in [0.2, 0.25) is 11.8 Å². The molecule has 2 amide bonds.